The second-order valence-corrected chi connectivity index (χ2v) is 8.75. The number of rotatable bonds is 2. The molecule has 1 aliphatic rings. The number of nitrogens with zero attached hydrogens (tertiary/aromatic N) is 1. The second kappa shape index (κ2) is 9.61. The van der Waals surface area contributed by atoms with Gasteiger partial charge in [0.2, 0.25) is 34.8 Å². The second-order valence-electron chi connectivity index (χ2n) is 8.75. The minimum Gasteiger partial charge on any atom is -0.420 e. The van der Waals surface area contributed by atoms with E-state index in [2.05, 4.69) is 4.74 Å². The summed E-state index contributed by atoms with van der Waals surface area (Å²) in [5.41, 5.74) is -1.87. The Kier molecular flexibility index (Phi) is 8.11. The van der Waals surface area contributed by atoms with E-state index in [0.29, 0.717) is 5.06 Å². The topological polar surface area (TPSA) is 90.0 Å². The molecule has 178 valence electrons. The molecule has 0 N–H and O–H groups in total. The molecule has 1 heterocycles. The first-order chi connectivity index (χ1) is 14.4. The quantitative estimate of drug-likeness (QED) is 0.163. The van der Waals surface area contributed by atoms with Gasteiger partial charge in [0.15, 0.2) is 0 Å². The molecule has 0 spiro atoms. The number of hydroxylamine groups is 2. The molecule has 0 aliphatic carbocycles. The Hall–Kier alpha value is -3.05. The summed E-state index contributed by atoms with van der Waals surface area (Å²) in [6.45, 7) is 9.05. The number of esters is 1. The Morgan fingerprint density at radius 3 is 1.38 bits per heavy atom. The van der Waals surface area contributed by atoms with Crippen LogP contribution in [0.25, 0.3) is 0 Å². The molecule has 1 aromatic carbocycles. The van der Waals surface area contributed by atoms with Crippen molar-refractivity contribution in [1.82, 2.24) is 5.06 Å². The van der Waals surface area contributed by atoms with E-state index in [1.54, 1.807) is 20.8 Å². The molecule has 0 bridgehead atoms. The lowest BCUT2D eigenvalue weighted by Crippen LogP contribution is -2.36. The molecule has 32 heavy (non-hydrogen) atoms. The summed E-state index contributed by atoms with van der Waals surface area (Å²) in [6.07, 6.45) is 0.243. The van der Waals surface area contributed by atoms with Gasteiger partial charge in [-0.2, -0.15) is 8.78 Å². The molecule has 1 fully saturated rings. The van der Waals surface area contributed by atoms with E-state index in [0.717, 1.165) is 0 Å². The van der Waals surface area contributed by atoms with Gasteiger partial charge in [0, 0.05) is 12.8 Å². The van der Waals surface area contributed by atoms with Gasteiger partial charge >= 0.3 is 11.9 Å². The Balaban J connectivity index is 0.000000330. The van der Waals surface area contributed by atoms with Gasteiger partial charge in [-0.25, -0.2) is 18.0 Å². The highest BCUT2D eigenvalue weighted by Crippen LogP contribution is 2.30. The number of halogens is 5. The molecular weight excluding hydrogens is 445 g/mol. The third-order valence-corrected chi connectivity index (χ3v) is 3.77. The molecular formula is C20H22F5NO6. The molecule has 7 nitrogen and oxygen atoms in total. The van der Waals surface area contributed by atoms with Crippen molar-refractivity contribution in [2.45, 2.75) is 54.4 Å². The van der Waals surface area contributed by atoms with Gasteiger partial charge in [0.05, 0.1) is 10.8 Å². The smallest absolute Gasteiger partial charge is 0.338 e. The summed E-state index contributed by atoms with van der Waals surface area (Å²) < 4.78 is 68.8. The Labute approximate surface area is 180 Å². The summed E-state index contributed by atoms with van der Waals surface area (Å²) >= 11 is 0. The first-order valence-electron chi connectivity index (χ1n) is 9.21. The number of imide groups is 1. The molecule has 1 saturated heterocycles. The maximum absolute atomic E-state index is 13.2. The Bertz CT molecular complexity index is 904. The van der Waals surface area contributed by atoms with Gasteiger partial charge in [-0.3, -0.25) is 14.4 Å². The van der Waals surface area contributed by atoms with Crippen LogP contribution in [0.5, 0.6) is 5.75 Å². The predicted molar refractivity (Wildman–Crippen MR) is 98.0 cm³/mol. The van der Waals surface area contributed by atoms with E-state index in [1.807, 2.05) is 0 Å². The van der Waals surface area contributed by atoms with Crippen LogP contribution in [0.15, 0.2) is 0 Å². The zero-order chi connectivity index (χ0) is 25.2. The molecule has 2 rings (SSSR count). The van der Waals surface area contributed by atoms with Crippen LogP contribution in [0, 0.1) is 39.9 Å². The largest absolute Gasteiger partial charge is 0.420 e. The number of ether oxygens (including phenoxy) is 1. The zero-order valence-corrected chi connectivity index (χ0v) is 18.2. The summed E-state index contributed by atoms with van der Waals surface area (Å²) in [5.74, 6) is -15.2. The zero-order valence-electron chi connectivity index (χ0n) is 18.2. The average molecular weight is 467 g/mol. The van der Waals surface area contributed by atoms with Crippen molar-refractivity contribution >= 4 is 23.8 Å². The maximum atomic E-state index is 13.2. The highest BCUT2D eigenvalue weighted by molar-refractivity contribution is 6.01. The number of carbonyl (C=O) groups excluding carboxylic acids is 4. The van der Waals surface area contributed by atoms with Crippen LogP contribution in [-0.2, 0) is 24.0 Å². The first-order valence-corrected chi connectivity index (χ1v) is 9.21. The summed E-state index contributed by atoms with van der Waals surface area (Å²) in [6, 6.07) is 0. The lowest BCUT2D eigenvalue weighted by Gasteiger charge is -2.19. The van der Waals surface area contributed by atoms with Crippen molar-refractivity contribution in [3.8, 4) is 5.75 Å². The third kappa shape index (κ3) is 6.24. The summed E-state index contributed by atoms with van der Waals surface area (Å²) in [7, 11) is 0. The summed E-state index contributed by atoms with van der Waals surface area (Å²) in [5, 5.41) is 0.563. The number of amides is 2. The molecule has 2 amide bonds. The van der Waals surface area contributed by atoms with Crippen LogP contribution >= 0.6 is 0 Å². The molecule has 0 saturated carbocycles. The van der Waals surface area contributed by atoms with Crippen molar-refractivity contribution < 1.29 is 50.7 Å². The van der Waals surface area contributed by atoms with Crippen LogP contribution in [0.2, 0.25) is 0 Å². The number of hydrogen-bond donors (Lipinski definition) is 0. The monoisotopic (exact) mass is 467 g/mol. The van der Waals surface area contributed by atoms with Gasteiger partial charge in [0.1, 0.15) is 0 Å². The molecule has 1 aromatic rings. The van der Waals surface area contributed by atoms with Gasteiger partial charge in [-0.1, -0.05) is 0 Å². The van der Waals surface area contributed by atoms with Crippen molar-refractivity contribution in [3.05, 3.63) is 29.1 Å². The predicted octanol–water partition coefficient (Wildman–Crippen LogP) is 3.97. The lowest BCUT2D eigenvalue weighted by atomic mass is 9.97. The minimum atomic E-state index is -2.31. The Morgan fingerprint density at radius 2 is 1.03 bits per heavy atom. The number of benzene rings is 1. The lowest BCUT2D eigenvalue weighted by molar-refractivity contribution is -0.203. The fourth-order valence-electron chi connectivity index (χ4n) is 1.80. The fraction of sp³-hybridized carbons (Fsp3) is 0.500. The molecule has 0 radical (unpaired) electrons. The van der Waals surface area contributed by atoms with Gasteiger partial charge in [-0.05, 0) is 41.5 Å². The van der Waals surface area contributed by atoms with Crippen LogP contribution in [0.1, 0.15) is 54.4 Å². The summed E-state index contributed by atoms with van der Waals surface area (Å²) in [4.78, 5) is 49.5. The standard InChI is InChI=1S/C11H9F5O2.C9H13NO4/c1-11(2,3)10(17)18-9-7(15)5(13)4(12)6(14)8(9)16;1-9(2,3)8(13)14-10-6(11)4-5-7(10)12/h1-3H3;4-5H2,1-3H3. The van der Waals surface area contributed by atoms with Crippen molar-refractivity contribution in [2.75, 3.05) is 0 Å². The molecule has 0 atom stereocenters. The Morgan fingerprint density at radius 1 is 0.688 bits per heavy atom. The van der Waals surface area contributed by atoms with Gasteiger partial charge in [-0.15, -0.1) is 5.06 Å². The van der Waals surface area contributed by atoms with Gasteiger partial charge < -0.3 is 9.57 Å². The highest BCUT2D eigenvalue weighted by atomic mass is 19.2. The molecule has 1 aliphatic heterocycles. The van der Waals surface area contributed by atoms with Crippen LogP contribution in [0.4, 0.5) is 22.0 Å². The average Bonchev–Trinajstić information content (AvgIpc) is 2.99. The van der Waals surface area contributed by atoms with Crippen molar-refractivity contribution in [3.63, 3.8) is 0 Å². The highest BCUT2D eigenvalue weighted by Gasteiger charge is 2.36. The molecule has 0 aromatic heterocycles. The van der Waals surface area contributed by atoms with Gasteiger partial charge in [0.25, 0.3) is 11.8 Å². The first kappa shape index (κ1) is 27.0. The third-order valence-electron chi connectivity index (χ3n) is 3.77. The maximum Gasteiger partial charge on any atom is 0.338 e. The van der Waals surface area contributed by atoms with E-state index in [1.165, 1.54) is 20.8 Å². The fourth-order valence-corrected chi connectivity index (χ4v) is 1.80. The van der Waals surface area contributed by atoms with E-state index in [4.69, 9.17) is 4.84 Å². The van der Waals surface area contributed by atoms with Crippen molar-refractivity contribution in [2.24, 2.45) is 10.8 Å². The van der Waals surface area contributed by atoms with Crippen LogP contribution < -0.4 is 4.74 Å². The van der Waals surface area contributed by atoms with E-state index in [-0.39, 0.29) is 12.8 Å². The normalized spacial score (nSPS) is 14.2. The number of carbonyl (C=O) groups is 4. The van der Waals surface area contributed by atoms with Crippen LogP contribution in [0.3, 0.4) is 0 Å². The number of hydrogen-bond acceptors (Lipinski definition) is 6. The SMILES string of the molecule is CC(C)(C)C(=O)ON1C(=O)CCC1=O.CC(C)(C)C(=O)Oc1c(F)c(F)c(F)c(F)c1F. The van der Waals surface area contributed by atoms with E-state index < -0.39 is 69.4 Å². The molecule has 0 unspecified atom stereocenters. The van der Waals surface area contributed by atoms with Crippen molar-refractivity contribution in [1.29, 1.82) is 0 Å². The van der Waals surface area contributed by atoms with Crippen LogP contribution in [-0.4, -0.2) is 28.8 Å². The molecule has 12 heteroatoms. The van der Waals surface area contributed by atoms with E-state index >= 15 is 0 Å². The van der Waals surface area contributed by atoms with E-state index in [9.17, 15) is 41.1 Å². The minimum absolute atomic E-state index is 0.121.